The van der Waals surface area contributed by atoms with Crippen LogP contribution in [0.2, 0.25) is 0 Å². The number of benzene rings is 1. The lowest BCUT2D eigenvalue weighted by Gasteiger charge is -2.40. The molecule has 3 aliphatic rings. The van der Waals surface area contributed by atoms with Crippen LogP contribution < -0.4 is 0 Å². The summed E-state index contributed by atoms with van der Waals surface area (Å²) in [6.07, 6.45) is 5.41. The fourth-order valence-corrected chi connectivity index (χ4v) is 5.06. The maximum atomic E-state index is 12.9. The molecule has 5 nitrogen and oxygen atoms in total. The Kier molecular flexibility index (Phi) is 6.11. The number of aromatic nitrogens is 1. The molecule has 1 aromatic carbocycles. The molecule has 2 aromatic rings. The van der Waals surface area contributed by atoms with Crippen LogP contribution in [0.15, 0.2) is 35.5 Å². The highest BCUT2D eigenvalue weighted by atomic mass is 32.2. The quantitative estimate of drug-likeness (QED) is 0.844. The molecule has 2 atom stereocenters. The minimum Gasteiger partial charge on any atom is -0.361 e. The molecule has 0 fully saturated rings. The Morgan fingerprint density at radius 3 is 2.86 bits per heavy atom. The van der Waals surface area contributed by atoms with Gasteiger partial charge in [0.1, 0.15) is 5.55 Å². The van der Waals surface area contributed by atoms with Crippen molar-refractivity contribution in [3.63, 3.8) is 0 Å². The van der Waals surface area contributed by atoms with Gasteiger partial charge in [0.05, 0.1) is 5.92 Å². The molecule has 1 aliphatic carbocycles. The van der Waals surface area contributed by atoms with Gasteiger partial charge < -0.3 is 9.88 Å². The van der Waals surface area contributed by atoms with E-state index >= 15 is 0 Å². The summed E-state index contributed by atoms with van der Waals surface area (Å²) in [4.78, 5) is 24.4. The van der Waals surface area contributed by atoms with Crippen molar-refractivity contribution >= 4 is 39.7 Å². The summed E-state index contributed by atoms with van der Waals surface area (Å²) in [5.41, 5.74) is 7.97. The first-order valence-electron chi connectivity index (χ1n) is 10.5. The van der Waals surface area contributed by atoms with Crippen molar-refractivity contribution in [2.45, 2.75) is 26.3 Å². The second-order valence-electron chi connectivity index (χ2n) is 7.76. The molecule has 1 radical (unpaired) electrons. The third-order valence-electron chi connectivity index (χ3n) is 6.09. The first kappa shape index (κ1) is 20.2. The normalized spacial score (nSPS) is 22.7. The Hall–Kier alpha value is -2.05. The molecule has 29 heavy (non-hydrogen) atoms. The first-order chi connectivity index (χ1) is 14.1. The van der Waals surface area contributed by atoms with Crippen LogP contribution in [0.25, 0.3) is 16.5 Å². The predicted octanol–water partition coefficient (Wildman–Crippen LogP) is 3.54. The molecule has 0 saturated carbocycles. The van der Waals surface area contributed by atoms with Gasteiger partial charge in [0.15, 0.2) is 0 Å². The van der Waals surface area contributed by atoms with E-state index in [0.717, 1.165) is 38.4 Å². The van der Waals surface area contributed by atoms with Crippen LogP contribution in [0.1, 0.15) is 25.0 Å². The fourth-order valence-electron chi connectivity index (χ4n) is 4.60. The number of aromatic amines is 1. The van der Waals surface area contributed by atoms with Gasteiger partial charge in [0, 0.05) is 55.1 Å². The summed E-state index contributed by atoms with van der Waals surface area (Å²) >= 11 is 1.66. The van der Waals surface area contributed by atoms with Crippen LogP contribution in [0.3, 0.4) is 0 Å². The monoisotopic (exact) mass is 409 g/mol. The van der Waals surface area contributed by atoms with E-state index in [1.54, 1.807) is 11.8 Å². The molecule has 1 N–H and O–H groups in total. The maximum Gasteiger partial charge on any atom is 0.230 e. The minimum absolute atomic E-state index is 0.0445. The summed E-state index contributed by atoms with van der Waals surface area (Å²) in [6.45, 7) is 7.44. The van der Waals surface area contributed by atoms with Crippen LogP contribution in [0, 0.1) is 5.92 Å². The zero-order valence-corrected chi connectivity index (χ0v) is 18.3. The van der Waals surface area contributed by atoms with Gasteiger partial charge in [-0.05, 0) is 50.1 Å². The Morgan fingerprint density at radius 2 is 2.21 bits per heavy atom. The second-order valence-corrected chi connectivity index (χ2v) is 8.64. The lowest BCUT2D eigenvalue weighted by Crippen LogP contribution is -2.47. The molecule has 6 heteroatoms. The van der Waals surface area contributed by atoms with E-state index in [4.69, 9.17) is 0 Å². The number of carbonyl (C=O) groups excluding carboxylic acids is 1. The van der Waals surface area contributed by atoms with Gasteiger partial charge >= 0.3 is 0 Å². The summed E-state index contributed by atoms with van der Waals surface area (Å²) in [5, 5.41) is 1.34. The van der Waals surface area contributed by atoms with Crippen molar-refractivity contribution in [3.8, 4) is 0 Å². The number of H-pyrrole nitrogens is 1. The van der Waals surface area contributed by atoms with Gasteiger partial charge in [-0.15, -0.1) is 11.8 Å². The molecule has 1 amide bonds. The summed E-state index contributed by atoms with van der Waals surface area (Å²) in [7, 11) is 2.15. The maximum absolute atomic E-state index is 12.9. The van der Waals surface area contributed by atoms with E-state index in [9.17, 15) is 4.79 Å². The Balaban J connectivity index is 0.000000359. The number of likely N-dealkylation sites (N-methyl/N-ethyl adjacent to an activating group) is 1. The number of rotatable bonds is 3. The molecule has 2 aliphatic heterocycles. The van der Waals surface area contributed by atoms with Gasteiger partial charge in [-0.3, -0.25) is 14.7 Å². The van der Waals surface area contributed by atoms with E-state index in [-0.39, 0.29) is 11.8 Å². The SMILES string of the molecule is CCN(CC)C(=O)[C@@H]1C=C2c3cccc4[nH]cc(c34)C[C@H]2N(C)C1.[C]1=NCCS1. The van der Waals surface area contributed by atoms with E-state index in [1.807, 2.05) is 4.90 Å². The van der Waals surface area contributed by atoms with Crippen LogP contribution in [0.5, 0.6) is 0 Å². The third kappa shape index (κ3) is 3.88. The topological polar surface area (TPSA) is 51.7 Å². The number of nitrogens with zero attached hydrogens (tertiary/aromatic N) is 3. The number of nitrogens with one attached hydrogen (secondary N) is 1. The van der Waals surface area contributed by atoms with Crippen LogP contribution in [0.4, 0.5) is 0 Å². The number of hydrogen-bond donors (Lipinski definition) is 1. The minimum atomic E-state index is -0.0445. The van der Waals surface area contributed by atoms with E-state index in [0.29, 0.717) is 6.04 Å². The fraction of sp³-hybridized carbons (Fsp3) is 0.478. The number of aliphatic imine (C=N–C) groups is 1. The van der Waals surface area contributed by atoms with E-state index < -0.39 is 0 Å². The van der Waals surface area contributed by atoms with Crippen molar-refractivity contribution in [1.29, 1.82) is 0 Å². The van der Waals surface area contributed by atoms with E-state index in [1.165, 1.54) is 27.6 Å². The van der Waals surface area contributed by atoms with Crippen molar-refractivity contribution in [2.24, 2.45) is 10.9 Å². The molecule has 3 heterocycles. The highest BCUT2D eigenvalue weighted by Gasteiger charge is 2.36. The highest BCUT2D eigenvalue weighted by Crippen LogP contribution is 2.40. The smallest absolute Gasteiger partial charge is 0.230 e. The van der Waals surface area contributed by atoms with Crippen LogP contribution in [-0.2, 0) is 11.2 Å². The average molecular weight is 410 g/mol. The Labute approximate surface area is 177 Å². The largest absolute Gasteiger partial charge is 0.361 e. The van der Waals surface area contributed by atoms with Gasteiger partial charge in [-0.25, -0.2) is 0 Å². The summed E-state index contributed by atoms with van der Waals surface area (Å²) in [6, 6.07) is 6.82. The molecule has 0 saturated heterocycles. The van der Waals surface area contributed by atoms with E-state index in [2.05, 4.69) is 71.8 Å². The van der Waals surface area contributed by atoms with Crippen LogP contribution in [-0.4, -0.2) is 71.3 Å². The Bertz CT molecular complexity index is 938. The van der Waals surface area contributed by atoms with Crippen molar-refractivity contribution in [1.82, 2.24) is 14.8 Å². The zero-order chi connectivity index (χ0) is 20.4. The van der Waals surface area contributed by atoms with Gasteiger partial charge in [-0.1, -0.05) is 18.2 Å². The Morgan fingerprint density at radius 1 is 1.38 bits per heavy atom. The molecule has 0 bridgehead atoms. The van der Waals surface area contributed by atoms with Crippen molar-refractivity contribution in [2.75, 3.05) is 39.0 Å². The zero-order valence-electron chi connectivity index (χ0n) is 17.4. The molecular formula is C23H29N4OS. The lowest BCUT2D eigenvalue weighted by molar-refractivity contribution is -0.134. The van der Waals surface area contributed by atoms with Gasteiger partial charge in [0.25, 0.3) is 0 Å². The summed E-state index contributed by atoms with van der Waals surface area (Å²) in [5.74, 6) is 1.35. The molecule has 0 unspecified atom stereocenters. The van der Waals surface area contributed by atoms with Crippen molar-refractivity contribution in [3.05, 3.63) is 41.6 Å². The first-order valence-corrected chi connectivity index (χ1v) is 11.5. The van der Waals surface area contributed by atoms with Gasteiger partial charge in [0.2, 0.25) is 5.91 Å². The molecule has 0 spiro atoms. The number of hydrogen-bond acceptors (Lipinski definition) is 4. The molecule has 5 rings (SSSR count). The molecule has 153 valence electrons. The molecular weight excluding hydrogens is 380 g/mol. The average Bonchev–Trinajstić information content (AvgIpc) is 3.44. The summed E-state index contributed by atoms with van der Waals surface area (Å²) < 4.78 is 0. The predicted molar refractivity (Wildman–Crippen MR) is 123 cm³/mol. The number of amides is 1. The lowest BCUT2D eigenvalue weighted by atomic mass is 9.79. The number of carbonyl (C=O) groups is 1. The second kappa shape index (κ2) is 8.76. The van der Waals surface area contributed by atoms with Crippen molar-refractivity contribution < 1.29 is 4.79 Å². The standard InChI is InChI=1S/C20H25N3O.C3H4NS/c1-4-23(5-2)20(24)14-9-16-15-7-6-8-17-19(15)13(11-21-17)10-18(16)22(3)12-14;1-2-5-3-4-1/h6-9,11,14,18,21H,4-5,10,12H2,1-3H3;1-2H2/t14-,18-;/m1./s1. The highest BCUT2D eigenvalue weighted by molar-refractivity contribution is 8.12. The third-order valence-corrected chi connectivity index (χ3v) is 6.74. The molecule has 1 aromatic heterocycles. The van der Waals surface area contributed by atoms with Crippen LogP contribution >= 0.6 is 11.8 Å². The van der Waals surface area contributed by atoms with Gasteiger partial charge in [-0.2, -0.15) is 0 Å². The number of fused-ring (bicyclic) bond motifs is 2. The number of thioether (sulfide) groups is 1.